The van der Waals surface area contributed by atoms with Gasteiger partial charge < -0.3 is 14.8 Å². The maximum absolute atomic E-state index is 13.1. The van der Waals surface area contributed by atoms with Crippen molar-refractivity contribution in [2.75, 3.05) is 12.1 Å². The molecule has 0 saturated heterocycles. The molecule has 3 aromatic rings. The minimum atomic E-state index is -0.486. The summed E-state index contributed by atoms with van der Waals surface area (Å²) in [6.07, 6.45) is 5.48. The molecule has 28 heavy (non-hydrogen) atoms. The molecular weight excluding hydrogens is 354 g/mol. The molecule has 0 unspecified atom stereocenters. The molecule has 0 radical (unpaired) electrons. The number of hydrogen-bond donors (Lipinski definition) is 1. The van der Waals surface area contributed by atoms with Crippen molar-refractivity contribution >= 4 is 11.6 Å². The van der Waals surface area contributed by atoms with Gasteiger partial charge in [-0.2, -0.15) is 5.10 Å². The van der Waals surface area contributed by atoms with Crippen molar-refractivity contribution < 1.29 is 14.3 Å². The van der Waals surface area contributed by atoms with Crippen molar-refractivity contribution in [3.63, 3.8) is 0 Å². The predicted octanol–water partition coefficient (Wildman–Crippen LogP) is 3.79. The molecule has 6 nitrogen and oxygen atoms in total. The van der Waals surface area contributed by atoms with E-state index in [9.17, 15) is 4.79 Å². The van der Waals surface area contributed by atoms with Crippen LogP contribution in [-0.2, 0) is 17.3 Å². The predicted molar refractivity (Wildman–Crippen MR) is 105 cm³/mol. The molecule has 142 valence electrons. The molecule has 5 rings (SSSR count). The fourth-order valence-electron chi connectivity index (χ4n) is 3.79. The number of aryl methyl sites for hydroxylation is 2. The lowest BCUT2D eigenvalue weighted by molar-refractivity contribution is -0.118. The van der Waals surface area contributed by atoms with Gasteiger partial charge in [0.15, 0.2) is 11.5 Å². The van der Waals surface area contributed by atoms with Crippen LogP contribution in [-0.4, -0.2) is 22.5 Å². The Morgan fingerprint density at radius 2 is 1.96 bits per heavy atom. The second kappa shape index (κ2) is 6.12. The highest BCUT2D eigenvalue weighted by atomic mass is 16.7. The van der Waals surface area contributed by atoms with Crippen molar-refractivity contribution in [2.45, 2.75) is 25.2 Å². The summed E-state index contributed by atoms with van der Waals surface area (Å²) in [6, 6.07) is 11.8. The van der Waals surface area contributed by atoms with Gasteiger partial charge in [-0.3, -0.25) is 9.48 Å². The average molecular weight is 375 g/mol. The summed E-state index contributed by atoms with van der Waals surface area (Å²) in [7, 11) is 1.90. The van der Waals surface area contributed by atoms with Gasteiger partial charge in [0.05, 0.1) is 11.6 Å². The lowest BCUT2D eigenvalue weighted by Gasteiger charge is -2.17. The molecular formula is C22H21N3O3. The molecule has 0 bridgehead atoms. The van der Waals surface area contributed by atoms with Crippen molar-refractivity contribution in [3.8, 4) is 22.6 Å². The summed E-state index contributed by atoms with van der Waals surface area (Å²) in [5.74, 6) is 1.47. The standard InChI is InChI=1S/C22H21N3O3/c1-14-3-5-17(10-18(14)15-11-23-25(2)12-15)24-21(26)22(7-8-22)16-4-6-19-20(9-16)28-13-27-19/h3-6,9-12H,7-8,13H2,1-2H3,(H,24,26). The zero-order valence-electron chi connectivity index (χ0n) is 15.9. The van der Waals surface area contributed by atoms with E-state index in [1.54, 1.807) is 4.68 Å². The number of nitrogens with one attached hydrogen (secondary N) is 1. The molecule has 2 aromatic carbocycles. The number of aromatic nitrogens is 2. The minimum absolute atomic E-state index is 0.0207. The average Bonchev–Trinajstić information content (AvgIpc) is 3.18. The van der Waals surface area contributed by atoms with Crippen LogP contribution in [0.5, 0.6) is 11.5 Å². The molecule has 1 saturated carbocycles. The van der Waals surface area contributed by atoms with Crippen molar-refractivity contribution in [1.29, 1.82) is 0 Å². The molecule has 1 fully saturated rings. The fraction of sp³-hybridized carbons (Fsp3) is 0.273. The molecule has 0 spiro atoms. The summed E-state index contributed by atoms with van der Waals surface area (Å²) in [6.45, 7) is 2.29. The van der Waals surface area contributed by atoms with Crippen LogP contribution in [0.15, 0.2) is 48.8 Å². The maximum atomic E-state index is 13.1. The Hall–Kier alpha value is -3.28. The molecule has 6 heteroatoms. The van der Waals surface area contributed by atoms with Crippen LogP contribution >= 0.6 is 0 Å². The van der Waals surface area contributed by atoms with Gasteiger partial charge in [0.1, 0.15) is 0 Å². The minimum Gasteiger partial charge on any atom is -0.454 e. The summed E-state index contributed by atoms with van der Waals surface area (Å²) in [5, 5.41) is 7.37. The molecule has 2 heterocycles. The Balaban J connectivity index is 1.41. The summed E-state index contributed by atoms with van der Waals surface area (Å²) < 4.78 is 12.6. The van der Waals surface area contributed by atoms with Gasteiger partial charge in [0, 0.05) is 24.5 Å². The van der Waals surface area contributed by atoms with Crippen LogP contribution in [0.2, 0.25) is 0 Å². The van der Waals surface area contributed by atoms with E-state index in [2.05, 4.69) is 17.3 Å². The van der Waals surface area contributed by atoms with Crippen molar-refractivity contribution in [1.82, 2.24) is 9.78 Å². The van der Waals surface area contributed by atoms with Gasteiger partial charge in [-0.25, -0.2) is 0 Å². The molecule has 1 N–H and O–H groups in total. The number of nitrogens with zero attached hydrogens (tertiary/aromatic N) is 2. The quantitative estimate of drug-likeness (QED) is 0.753. The van der Waals surface area contributed by atoms with E-state index in [0.29, 0.717) is 5.75 Å². The largest absolute Gasteiger partial charge is 0.454 e. The van der Waals surface area contributed by atoms with Gasteiger partial charge in [-0.15, -0.1) is 0 Å². The molecule has 1 amide bonds. The number of ether oxygens (including phenoxy) is 2. The van der Waals surface area contributed by atoms with E-state index in [4.69, 9.17) is 9.47 Å². The van der Waals surface area contributed by atoms with E-state index in [1.165, 1.54) is 0 Å². The Labute approximate surface area is 163 Å². The zero-order valence-corrected chi connectivity index (χ0v) is 15.9. The third-order valence-electron chi connectivity index (χ3n) is 5.62. The van der Waals surface area contributed by atoms with E-state index in [1.807, 2.05) is 55.8 Å². The van der Waals surface area contributed by atoms with E-state index in [0.717, 1.165) is 46.5 Å². The van der Waals surface area contributed by atoms with E-state index >= 15 is 0 Å². The number of hydrogen-bond acceptors (Lipinski definition) is 4. The zero-order chi connectivity index (χ0) is 19.3. The van der Waals surface area contributed by atoms with Gasteiger partial charge in [-0.1, -0.05) is 12.1 Å². The Morgan fingerprint density at radius 3 is 2.71 bits per heavy atom. The summed E-state index contributed by atoms with van der Waals surface area (Å²) >= 11 is 0. The number of benzene rings is 2. The number of carbonyl (C=O) groups excluding carboxylic acids is 1. The molecule has 2 aliphatic rings. The van der Waals surface area contributed by atoms with Crippen LogP contribution in [0.4, 0.5) is 5.69 Å². The van der Waals surface area contributed by atoms with E-state index in [-0.39, 0.29) is 12.7 Å². The highest BCUT2D eigenvalue weighted by Gasteiger charge is 2.51. The number of amides is 1. The topological polar surface area (TPSA) is 65.4 Å². The van der Waals surface area contributed by atoms with Crippen LogP contribution in [0.3, 0.4) is 0 Å². The lowest BCUT2D eigenvalue weighted by atomic mass is 9.94. The molecule has 1 aliphatic carbocycles. The molecule has 1 aromatic heterocycles. The smallest absolute Gasteiger partial charge is 0.235 e. The second-order valence-corrected chi connectivity index (χ2v) is 7.54. The first-order valence-corrected chi connectivity index (χ1v) is 9.36. The fourth-order valence-corrected chi connectivity index (χ4v) is 3.79. The second-order valence-electron chi connectivity index (χ2n) is 7.54. The van der Waals surface area contributed by atoms with Crippen LogP contribution < -0.4 is 14.8 Å². The number of fused-ring (bicyclic) bond motifs is 1. The third-order valence-corrected chi connectivity index (χ3v) is 5.62. The normalized spacial score (nSPS) is 16.1. The highest BCUT2D eigenvalue weighted by Crippen LogP contribution is 2.51. The Kier molecular flexibility index (Phi) is 3.69. The number of rotatable bonds is 4. The van der Waals surface area contributed by atoms with Crippen LogP contribution in [0, 0.1) is 6.92 Å². The van der Waals surface area contributed by atoms with Crippen LogP contribution in [0.25, 0.3) is 11.1 Å². The van der Waals surface area contributed by atoms with Gasteiger partial charge >= 0.3 is 0 Å². The van der Waals surface area contributed by atoms with Gasteiger partial charge in [-0.05, 0) is 60.7 Å². The van der Waals surface area contributed by atoms with E-state index < -0.39 is 5.41 Å². The van der Waals surface area contributed by atoms with Crippen LogP contribution in [0.1, 0.15) is 24.0 Å². The SMILES string of the molecule is Cc1ccc(NC(=O)C2(c3ccc4c(c3)OCO4)CC2)cc1-c1cnn(C)c1. The third kappa shape index (κ3) is 2.72. The lowest BCUT2D eigenvalue weighted by Crippen LogP contribution is -2.27. The molecule has 0 atom stereocenters. The Morgan fingerprint density at radius 1 is 1.14 bits per heavy atom. The first-order chi connectivity index (χ1) is 13.5. The van der Waals surface area contributed by atoms with Crippen molar-refractivity contribution in [3.05, 3.63) is 59.9 Å². The first-order valence-electron chi connectivity index (χ1n) is 9.36. The van der Waals surface area contributed by atoms with Gasteiger partial charge in [0.2, 0.25) is 12.7 Å². The van der Waals surface area contributed by atoms with Crippen molar-refractivity contribution in [2.24, 2.45) is 7.05 Å². The summed E-state index contributed by atoms with van der Waals surface area (Å²) in [4.78, 5) is 13.1. The molecule has 1 aliphatic heterocycles. The summed E-state index contributed by atoms with van der Waals surface area (Å²) in [5.41, 5.74) is 4.53. The number of carbonyl (C=O) groups is 1. The highest BCUT2D eigenvalue weighted by molar-refractivity contribution is 6.02. The Bertz CT molecular complexity index is 1080. The van der Waals surface area contributed by atoms with Gasteiger partial charge in [0.25, 0.3) is 0 Å². The monoisotopic (exact) mass is 375 g/mol. The maximum Gasteiger partial charge on any atom is 0.235 e. The number of anilines is 1. The first kappa shape index (κ1) is 16.9.